The number of amides is 1. The lowest BCUT2D eigenvalue weighted by Crippen LogP contribution is -2.12. The fraction of sp³-hybridized carbons (Fsp3) is 0.174. The number of fused-ring (bicyclic) bond motifs is 1. The van der Waals surface area contributed by atoms with Crippen LogP contribution in [-0.4, -0.2) is 30.2 Å². The number of halogens is 1. The monoisotopic (exact) mass is 462 g/mol. The average Bonchev–Trinajstić information content (AvgIpc) is 3.45. The molecule has 0 fully saturated rings. The predicted octanol–water partition coefficient (Wildman–Crippen LogP) is 5.13. The van der Waals surface area contributed by atoms with E-state index < -0.39 is 11.7 Å². The molecular formula is C23H19FN6O2S. The highest BCUT2D eigenvalue weighted by atomic mass is 32.1. The number of nitrogens with one attached hydrogen (secondary N) is 1. The molecule has 33 heavy (non-hydrogen) atoms. The SMILES string of the molecule is Cc1nc(C)c(C(=O)Nc2ccc(F)c(-c3cn4cc(-c5nc(C)c(C)s5)cnc4n3)c2)o1. The van der Waals surface area contributed by atoms with E-state index in [1.54, 1.807) is 42.0 Å². The zero-order valence-electron chi connectivity index (χ0n) is 18.3. The Bertz CT molecular complexity index is 1510. The minimum atomic E-state index is -0.463. The molecule has 1 N–H and O–H groups in total. The third kappa shape index (κ3) is 3.89. The Labute approximate surface area is 192 Å². The zero-order chi connectivity index (χ0) is 23.3. The number of aromatic nitrogens is 5. The topological polar surface area (TPSA) is 98.2 Å². The van der Waals surface area contributed by atoms with Gasteiger partial charge in [-0.05, 0) is 39.0 Å². The van der Waals surface area contributed by atoms with E-state index in [2.05, 4.69) is 25.3 Å². The second-order valence-corrected chi connectivity index (χ2v) is 8.84. The molecular weight excluding hydrogens is 443 g/mol. The summed E-state index contributed by atoms with van der Waals surface area (Å²) in [7, 11) is 0. The minimum absolute atomic E-state index is 0.121. The molecule has 0 aliphatic heterocycles. The van der Waals surface area contributed by atoms with Gasteiger partial charge in [-0.15, -0.1) is 11.3 Å². The van der Waals surface area contributed by atoms with E-state index in [1.807, 2.05) is 20.0 Å². The molecule has 4 heterocycles. The van der Waals surface area contributed by atoms with Gasteiger partial charge in [0.2, 0.25) is 11.5 Å². The second-order valence-electron chi connectivity index (χ2n) is 7.63. The van der Waals surface area contributed by atoms with Crippen LogP contribution in [0.2, 0.25) is 0 Å². The standard InChI is InChI=1S/C23H19FN6O2S/c1-11-13(3)33-22(27-11)15-8-25-23-29-19(10-30(23)9-15)17-7-16(5-6-18(17)24)28-21(31)20-12(2)26-14(4)32-20/h5-10H,1-4H3,(H,28,31). The lowest BCUT2D eigenvalue weighted by molar-refractivity contribution is 0.0994. The Balaban J connectivity index is 1.47. The van der Waals surface area contributed by atoms with E-state index in [0.717, 1.165) is 21.1 Å². The highest BCUT2D eigenvalue weighted by Gasteiger charge is 2.18. The number of rotatable bonds is 4. The zero-order valence-corrected chi connectivity index (χ0v) is 19.1. The molecule has 0 spiro atoms. The van der Waals surface area contributed by atoms with Crippen molar-refractivity contribution in [2.45, 2.75) is 27.7 Å². The average molecular weight is 463 g/mol. The third-order valence-electron chi connectivity index (χ3n) is 5.20. The summed E-state index contributed by atoms with van der Waals surface area (Å²) in [5, 5.41) is 3.59. The number of carbonyl (C=O) groups is 1. The van der Waals surface area contributed by atoms with E-state index in [4.69, 9.17) is 4.42 Å². The van der Waals surface area contributed by atoms with Crippen molar-refractivity contribution in [3.8, 4) is 21.8 Å². The Morgan fingerprint density at radius 1 is 1.09 bits per heavy atom. The summed E-state index contributed by atoms with van der Waals surface area (Å²) >= 11 is 1.59. The molecule has 0 aliphatic rings. The lowest BCUT2D eigenvalue weighted by atomic mass is 10.1. The van der Waals surface area contributed by atoms with E-state index in [9.17, 15) is 9.18 Å². The van der Waals surface area contributed by atoms with E-state index >= 15 is 0 Å². The van der Waals surface area contributed by atoms with Gasteiger partial charge >= 0.3 is 0 Å². The highest BCUT2D eigenvalue weighted by molar-refractivity contribution is 7.15. The molecule has 8 nitrogen and oxygen atoms in total. The van der Waals surface area contributed by atoms with Crippen molar-refractivity contribution in [1.82, 2.24) is 24.3 Å². The van der Waals surface area contributed by atoms with Gasteiger partial charge in [-0.2, -0.15) is 0 Å². The Morgan fingerprint density at radius 2 is 1.91 bits per heavy atom. The van der Waals surface area contributed by atoms with Crippen LogP contribution in [-0.2, 0) is 0 Å². The third-order valence-corrected chi connectivity index (χ3v) is 6.32. The summed E-state index contributed by atoms with van der Waals surface area (Å²) in [6.45, 7) is 7.35. The summed E-state index contributed by atoms with van der Waals surface area (Å²) in [6, 6.07) is 4.30. The van der Waals surface area contributed by atoms with Crippen LogP contribution in [0.3, 0.4) is 0 Å². The number of nitrogens with zero attached hydrogens (tertiary/aromatic N) is 5. The van der Waals surface area contributed by atoms with Gasteiger partial charge in [0.1, 0.15) is 10.8 Å². The number of imidazole rings is 1. The summed E-state index contributed by atoms with van der Waals surface area (Å²) in [5.74, 6) is 0.0309. The number of carbonyl (C=O) groups excluding carboxylic acids is 1. The Hall–Kier alpha value is -3.92. The van der Waals surface area contributed by atoms with Gasteiger partial charge < -0.3 is 9.73 Å². The number of hydrogen-bond acceptors (Lipinski definition) is 7. The minimum Gasteiger partial charge on any atom is -0.436 e. The first kappa shape index (κ1) is 21.0. The van der Waals surface area contributed by atoms with Crippen molar-refractivity contribution < 1.29 is 13.6 Å². The molecule has 5 aromatic rings. The summed E-state index contributed by atoms with van der Waals surface area (Å²) in [5.41, 5.74) is 3.37. The Morgan fingerprint density at radius 3 is 2.61 bits per heavy atom. The molecule has 1 amide bonds. The van der Waals surface area contributed by atoms with E-state index in [0.29, 0.717) is 28.7 Å². The van der Waals surface area contributed by atoms with Crippen molar-refractivity contribution in [2.75, 3.05) is 5.32 Å². The Kier molecular flexibility index (Phi) is 5.01. The largest absolute Gasteiger partial charge is 0.436 e. The van der Waals surface area contributed by atoms with Crippen molar-refractivity contribution in [3.05, 3.63) is 70.5 Å². The van der Waals surface area contributed by atoms with Gasteiger partial charge in [0.25, 0.3) is 5.91 Å². The van der Waals surface area contributed by atoms with E-state index in [1.165, 1.54) is 18.2 Å². The van der Waals surface area contributed by atoms with Crippen LogP contribution in [0, 0.1) is 33.5 Å². The van der Waals surface area contributed by atoms with Gasteiger partial charge in [-0.3, -0.25) is 9.20 Å². The fourth-order valence-electron chi connectivity index (χ4n) is 3.45. The molecule has 166 valence electrons. The van der Waals surface area contributed by atoms with Crippen molar-refractivity contribution >= 4 is 28.7 Å². The first-order valence-electron chi connectivity index (χ1n) is 10.1. The molecule has 0 saturated heterocycles. The molecule has 4 aromatic heterocycles. The molecule has 5 rings (SSSR count). The van der Waals surface area contributed by atoms with Gasteiger partial charge in [0.05, 0.1) is 17.1 Å². The van der Waals surface area contributed by atoms with Gasteiger partial charge in [-0.25, -0.2) is 24.3 Å². The van der Waals surface area contributed by atoms with Crippen LogP contribution in [0.4, 0.5) is 10.1 Å². The molecule has 0 saturated carbocycles. The van der Waals surface area contributed by atoms with Crippen LogP contribution in [0.15, 0.2) is 41.2 Å². The summed E-state index contributed by atoms with van der Waals surface area (Å²) < 4.78 is 21.8. The van der Waals surface area contributed by atoms with Crippen LogP contribution in [0.1, 0.15) is 32.7 Å². The number of aryl methyl sites for hydroxylation is 4. The molecule has 0 unspecified atom stereocenters. The predicted molar refractivity (Wildman–Crippen MR) is 123 cm³/mol. The number of hydrogen-bond donors (Lipinski definition) is 1. The van der Waals surface area contributed by atoms with Crippen molar-refractivity contribution in [1.29, 1.82) is 0 Å². The molecule has 0 atom stereocenters. The molecule has 1 aromatic carbocycles. The van der Waals surface area contributed by atoms with Crippen LogP contribution >= 0.6 is 11.3 Å². The molecule has 0 radical (unpaired) electrons. The second kappa shape index (κ2) is 7.89. The normalized spacial score (nSPS) is 11.3. The van der Waals surface area contributed by atoms with Gasteiger partial charge in [0.15, 0.2) is 5.89 Å². The lowest BCUT2D eigenvalue weighted by Gasteiger charge is -2.06. The van der Waals surface area contributed by atoms with Crippen molar-refractivity contribution in [2.24, 2.45) is 0 Å². The molecule has 0 bridgehead atoms. The van der Waals surface area contributed by atoms with Gasteiger partial charge in [0, 0.05) is 47.2 Å². The first-order chi connectivity index (χ1) is 15.8. The number of thiazole rings is 1. The number of anilines is 1. The van der Waals surface area contributed by atoms with Crippen molar-refractivity contribution in [3.63, 3.8) is 0 Å². The molecule has 10 heteroatoms. The van der Waals surface area contributed by atoms with E-state index in [-0.39, 0.29) is 11.3 Å². The maximum atomic E-state index is 14.7. The van der Waals surface area contributed by atoms with Crippen LogP contribution < -0.4 is 5.32 Å². The van der Waals surface area contributed by atoms with Crippen LogP contribution in [0.25, 0.3) is 27.6 Å². The number of oxazole rings is 1. The fourth-order valence-corrected chi connectivity index (χ4v) is 4.34. The maximum absolute atomic E-state index is 14.7. The summed E-state index contributed by atoms with van der Waals surface area (Å²) in [4.78, 5) is 31.2. The highest BCUT2D eigenvalue weighted by Crippen LogP contribution is 2.29. The summed E-state index contributed by atoms with van der Waals surface area (Å²) in [6.07, 6.45) is 5.28. The smallest absolute Gasteiger partial charge is 0.293 e. The molecule has 0 aliphatic carbocycles. The first-order valence-corrected chi connectivity index (χ1v) is 10.9. The van der Waals surface area contributed by atoms with Gasteiger partial charge in [-0.1, -0.05) is 0 Å². The van der Waals surface area contributed by atoms with Crippen LogP contribution in [0.5, 0.6) is 0 Å². The quantitative estimate of drug-likeness (QED) is 0.397. The maximum Gasteiger partial charge on any atom is 0.293 e. The number of benzene rings is 1.